The molecule has 2 aromatic heterocycles. The second kappa shape index (κ2) is 8.78. The lowest BCUT2D eigenvalue weighted by Gasteiger charge is -2.11. The first-order valence-electron chi connectivity index (χ1n) is 9.28. The van der Waals surface area contributed by atoms with Crippen LogP contribution in [-0.4, -0.2) is 25.8 Å². The Morgan fingerprint density at radius 2 is 1.97 bits per heavy atom. The van der Waals surface area contributed by atoms with Crippen LogP contribution < -0.4 is 0 Å². The van der Waals surface area contributed by atoms with E-state index in [-0.39, 0.29) is 10.1 Å². The number of carboxylic acid groups (broad SMARTS) is 1. The van der Waals surface area contributed by atoms with Gasteiger partial charge in [-0.2, -0.15) is 0 Å². The van der Waals surface area contributed by atoms with Crippen LogP contribution in [0.1, 0.15) is 22.7 Å². The van der Waals surface area contributed by atoms with Crippen LogP contribution in [-0.2, 0) is 11.3 Å². The molecule has 2 heterocycles. The fraction of sp³-hybridized carbons (Fsp3) is 0.136. The highest BCUT2D eigenvalue weighted by atomic mass is 35.5. The van der Waals surface area contributed by atoms with E-state index in [1.165, 1.54) is 0 Å². The molecule has 0 fully saturated rings. The summed E-state index contributed by atoms with van der Waals surface area (Å²) in [5, 5.41) is 19.7. The van der Waals surface area contributed by atoms with Crippen molar-refractivity contribution in [1.82, 2.24) is 14.8 Å². The summed E-state index contributed by atoms with van der Waals surface area (Å²) < 4.78 is 7.44. The molecule has 0 amide bonds. The Balaban J connectivity index is 1.81. The molecule has 0 aliphatic heterocycles. The topological polar surface area (TPSA) is 81.2 Å². The van der Waals surface area contributed by atoms with Crippen LogP contribution in [0.3, 0.4) is 0 Å². The first-order valence-corrected chi connectivity index (χ1v) is 10.9. The normalized spacial score (nSPS) is 11.9. The molecule has 2 aromatic carbocycles. The second-order valence-corrected chi connectivity index (χ2v) is 8.68. The number of nitrogens with zero attached hydrogens (tertiary/aromatic N) is 3. The smallest absolute Gasteiger partial charge is 0.342 e. The summed E-state index contributed by atoms with van der Waals surface area (Å²) in [6, 6.07) is 13.2. The number of hydrogen-bond acceptors (Lipinski definition) is 5. The number of aromatic nitrogens is 3. The van der Waals surface area contributed by atoms with Gasteiger partial charge in [0, 0.05) is 45.7 Å². The maximum absolute atomic E-state index is 11.9. The van der Waals surface area contributed by atoms with Gasteiger partial charge in [0.15, 0.2) is 0 Å². The fourth-order valence-electron chi connectivity index (χ4n) is 3.34. The van der Waals surface area contributed by atoms with Gasteiger partial charge < -0.3 is 14.1 Å². The number of hydrogen-bond donors (Lipinski definition) is 1. The molecule has 0 spiro atoms. The van der Waals surface area contributed by atoms with Crippen molar-refractivity contribution in [3.8, 4) is 0 Å². The lowest BCUT2D eigenvalue weighted by atomic mass is 10.1. The molecule has 0 bridgehead atoms. The molecule has 6 nitrogen and oxygen atoms in total. The first-order chi connectivity index (χ1) is 14.8. The Kier molecular flexibility index (Phi) is 6.09. The molecule has 0 saturated heterocycles. The molecule has 0 aliphatic rings. The summed E-state index contributed by atoms with van der Waals surface area (Å²) in [7, 11) is 0. The van der Waals surface area contributed by atoms with Crippen molar-refractivity contribution >= 4 is 57.9 Å². The Hall–Kier alpha value is -2.74. The van der Waals surface area contributed by atoms with E-state index in [9.17, 15) is 9.90 Å². The number of halogens is 2. The van der Waals surface area contributed by atoms with Crippen LogP contribution in [0.25, 0.3) is 17.0 Å². The molecule has 1 N–H and O–H groups in total. The number of fused-ring (bicyclic) bond motifs is 1. The number of carbonyl (C=O) groups is 1. The van der Waals surface area contributed by atoms with Crippen LogP contribution in [0, 0.1) is 13.8 Å². The van der Waals surface area contributed by atoms with E-state index < -0.39 is 5.97 Å². The van der Waals surface area contributed by atoms with Gasteiger partial charge >= 0.3 is 5.97 Å². The SMILES string of the molecule is Cc1nnc(S/C(=C\c2c(C)n(Cc3ccc(Cl)cc3Cl)c3ccccc23)C(=O)O)o1. The summed E-state index contributed by atoms with van der Waals surface area (Å²) >= 11 is 13.3. The number of rotatable bonds is 6. The van der Waals surface area contributed by atoms with Crippen LogP contribution in [0.5, 0.6) is 0 Å². The lowest BCUT2D eigenvalue weighted by molar-refractivity contribution is -0.131. The zero-order valence-corrected chi connectivity index (χ0v) is 18.9. The van der Waals surface area contributed by atoms with Gasteiger partial charge in [0.05, 0.1) is 0 Å². The number of para-hydroxylation sites is 1. The molecule has 0 radical (unpaired) electrons. The maximum Gasteiger partial charge on any atom is 0.342 e. The third-order valence-electron chi connectivity index (χ3n) is 4.81. The zero-order valence-electron chi connectivity index (χ0n) is 16.6. The van der Waals surface area contributed by atoms with Gasteiger partial charge in [-0.3, -0.25) is 0 Å². The summed E-state index contributed by atoms with van der Waals surface area (Å²) in [4.78, 5) is 12.0. The Labute approximate surface area is 192 Å². The van der Waals surface area contributed by atoms with E-state index in [0.29, 0.717) is 22.5 Å². The number of aryl methyl sites for hydroxylation is 1. The largest absolute Gasteiger partial charge is 0.477 e. The molecule has 158 valence electrons. The molecule has 0 saturated carbocycles. The average molecular weight is 474 g/mol. The average Bonchev–Trinajstić information content (AvgIpc) is 3.25. The van der Waals surface area contributed by atoms with Crippen molar-refractivity contribution < 1.29 is 14.3 Å². The Morgan fingerprint density at radius 1 is 1.19 bits per heavy atom. The van der Waals surface area contributed by atoms with Crippen LogP contribution in [0.2, 0.25) is 10.0 Å². The predicted octanol–water partition coefficient (Wildman–Crippen LogP) is 6.21. The summed E-state index contributed by atoms with van der Waals surface area (Å²) in [5.74, 6) is -0.697. The molecule has 4 rings (SSSR count). The molecule has 0 atom stereocenters. The summed E-state index contributed by atoms with van der Waals surface area (Å²) in [6.45, 7) is 4.13. The Morgan fingerprint density at radius 3 is 2.65 bits per heavy atom. The molecular weight excluding hydrogens is 457 g/mol. The molecular formula is C22H17Cl2N3O3S. The Bertz CT molecular complexity index is 1330. The van der Waals surface area contributed by atoms with Gasteiger partial charge in [-0.15, -0.1) is 10.2 Å². The number of thioether (sulfide) groups is 1. The third-order valence-corrected chi connectivity index (χ3v) is 6.25. The minimum atomic E-state index is -1.07. The van der Waals surface area contributed by atoms with Crippen molar-refractivity contribution in [2.45, 2.75) is 25.6 Å². The highest BCUT2D eigenvalue weighted by Gasteiger charge is 2.19. The van der Waals surface area contributed by atoms with Crippen molar-refractivity contribution in [1.29, 1.82) is 0 Å². The van der Waals surface area contributed by atoms with Crippen LogP contribution in [0.15, 0.2) is 57.0 Å². The maximum atomic E-state index is 11.9. The van der Waals surface area contributed by atoms with E-state index in [4.69, 9.17) is 27.6 Å². The van der Waals surface area contributed by atoms with Crippen LogP contribution >= 0.6 is 35.0 Å². The van der Waals surface area contributed by atoms with E-state index in [0.717, 1.165) is 39.5 Å². The highest BCUT2D eigenvalue weighted by Crippen LogP contribution is 2.34. The van der Waals surface area contributed by atoms with E-state index >= 15 is 0 Å². The number of aliphatic carboxylic acids is 1. The van der Waals surface area contributed by atoms with Gasteiger partial charge in [-0.1, -0.05) is 47.5 Å². The van der Waals surface area contributed by atoms with Gasteiger partial charge in [-0.25, -0.2) is 4.79 Å². The van der Waals surface area contributed by atoms with Gasteiger partial charge in [0.2, 0.25) is 5.89 Å². The third kappa shape index (κ3) is 4.49. The zero-order chi connectivity index (χ0) is 22.1. The van der Waals surface area contributed by atoms with Crippen molar-refractivity contribution in [2.75, 3.05) is 0 Å². The van der Waals surface area contributed by atoms with E-state index in [2.05, 4.69) is 14.8 Å². The highest BCUT2D eigenvalue weighted by molar-refractivity contribution is 8.03. The predicted molar refractivity (Wildman–Crippen MR) is 123 cm³/mol. The monoisotopic (exact) mass is 473 g/mol. The first kappa shape index (κ1) is 21.5. The van der Waals surface area contributed by atoms with Crippen molar-refractivity contribution in [3.63, 3.8) is 0 Å². The lowest BCUT2D eigenvalue weighted by Crippen LogP contribution is -2.03. The molecule has 0 unspecified atom stereocenters. The van der Waals surface area contributed by atoms with Gasteiger partial charge in [0.25, 0.3) is 5.22 Å². The second-order valence-electron chi connectivity index (χ2n) is 6.84. The van der Waals surface area contributed by atoms with E-state index in [1.807, 2.05) is 37.3 Å². The van der Waals surface area contributed by atoms with Crippen molar-refractivity contribution in [2.24, 2.45) is 0 Å². The quantitative estimate of drug-likeness (QED) is 0.264. The minimum Gasteiger partial charge on any atom is -0.477 e. The van der Waals surface area contributed by atoms with Crippen LogP contribution in [0.4, 0.5) is 0 Å². The molecule has 0 aliphatic carbocycles. The fourth-order valence-corrected chi connectivity index (χ4v) is 4.51. The van der Waals surface area contributed by atoms with Gasteiger partial charge in [0.1, 0.15) is 4.91 Å². The molecule has 4 aromatic rings. The standard InChI is InChI=1S/C22H17Cl2N3O3S/c1-12-17(10-20(21(28)29)31-22-26-25-13(2)30-22)16-5-3-4-6-19(16)27(12)11-14-7-8-15(23)9-18(14)24/h3-10H,11H2,1-2H3,(H,28,29)/b20-10-. The van der Waals surface area contributed by atoms with Gasteiger partial charge in [-0.05, 0) is 48.5 Å². The summed E-state index contributed by atoms with van der Waals surface area (Å²) in [6.07, 6.45) is 1.64. The summed E-state index contributed by atoms with van der Waals surface area (Å²) in [5.41, 5.74) is 3.61. The molecule has 31 heavy (non-hydrogen) atoms. The molecule has 9 heteroatoms. The number of benzene rings is 2. The minimum absolute atomic E-state index is 0.0826. The van der Waals surface area contributed by atoms with Crippen molar-refractivity contribution in [3.05, 3.63) is 80.1 Å². The van der Waals surface area contributed by atoms with E-state index in [1.54, 1.807) is 25.1 Å². The number of carboxylic acids is 1.